The Labute approximate surface area is 125 Å². The molecule has 20 heavy (non-hydrogen) atoms. The summed E-state index contributed by atoms with van der Waals surface area (Å²) < 4.78 is 5.39. The normalized spacial score (nSPS) is 22.1. The van der Waals surface area contributed by atoms with Gasteiger partial charge in [0.05, 0.1) is 13.3 Å². The number of hydrazine groups is 1. The molecular formula is C12H23N5O2S. The van der Waals surface area contributed by atoms with Crippen LogP contribution in [0, 0.1) is 0 Å². The van der Waals surface area contributed by atoms with E-state index in [1.807, 2.05) is 20.8 Å². The monoisotopic (exact) mass is 301 g/mol. The van der Waals surface area contributed by atoms with Crippen LogP contribution >= 0.6 is 12.2 Å². The first-order valence-corrected chi connectivity index (χ1v) is 7.25. The SMILES string of the molecule is CC(C)(C)OC(=O)N1CCN(N2CNC(=S)NC2)CC1. The molecule has 2 saturated heterocycles. The highest BCUT2D eigenvalue weighted by Gasteiger charge is 2.28. The number of nitrogens with one attached hydrogen (secondary N) is 2. The van der Waals surface area contributed by atoms with Crippen molar-refractivity contribution in [3.8, 4) is 0 Å². The topological polar surface area (TPSA) is 60.1 Å². The summed E-state index contributed by atoms with van der Waals surface area (Å²) in [5, 5.41) is 11.3. The molecular weight excluding hydrogens is 278 g/mol. The molecule has 0 aromatic carbocycles. The number of thiocarbonyl (C=S) groups is 1. The zero-order valence-corrected chi connectivity index (χ0v) is 13.1. The maximum absolute atomic E-state index is 12.0. The van der Waals surface area contributed by atoms with Crippen molar-refractivity contribution in [3.05, 3.63) is 0 Å². The van der Waals surface area contributed by atoms with Crippen molar-refractivity contribution >= 4 is 23.4 Å². The predicted molar refractivity (Wildman–Crippen MR) is 79.8 cm³/mol. The summed E-state index contributed by atoms with van der Waals surface area (Å²) in [5.41, 5.74) is -0.440. The van der Waals surface area contributed by atoms with E-state index in [9.17, 15) is 4.79 Å². The lowest BCUT2D eigenvalue weighted by molar-refractivity contribution is -0.0687. The maximum Gasteiger partial charge on any atom is 0.410 e. The van der Waals surface area contributed by atoms with Gasteiger partial charge in [-0.1, -0.05) is 0 Å². The van der Waals surface area contributed by atoms with Crippen LogP contribution < -0.4 is 10.6 Å². The van der Waals surface area contributed by atoms with Crippen LogP contribution in [-0.2, 0) is 4.74 Å². The smallest absolute Gasteiger partial charge is 0.410 e. The summed E-state index contributed by atoms with van der Waals surface area (Å²) in [4.78, 5) is 13.7. The summed E-state index contributed by atoms with van der Waals surface area (Å²) in [6.45, 7) is 10.0. The summed E-state index contributed by atoms with van der Waals surface area (Å²) in [7, 11) is 0. The van der Waals surface area contributed by atoms with E-state index >= 15 is 0 Å². The van der Waals surface area contributed by atoms with Crippen LogP contribution in [0.25, 0.3) is 0 Å². The number of hydrogen-bond acceptors (Lipinski definition) is 5. The molecule has 0 aliphatic carbocycles. The van der Waals surface area contributed by atoms with Gasteiger partial charge in [0.1, 0.15) is 5.60 Å². The van der Waals surface area contributed by atoms with Gasteiger partial charge in [-0.15, -0.1) is 0 Å². The number of rotatable bonds is 1. The molecule has 0 unspecified atom stereocenters. The van der Waals surface area contributed by atoms with E-state index in [2.05, 4.69) is 20.7 Å². The molecule has 7 nitrogen and oxygen atoms in total. The molecule has 0 spiro atoms. The molecule has 8 heteroatoms. The number of nitrogens with zero attached hydrogens (tertiary/aromatic N) is 3. The van der Waals surface area contributed by atoms with Crippen molar-refractivity contribution < 1.29 is 9.53 Å². The Balaban J connectivity index is 1.77. The Morgan fingerprint density at radius 3 is 2.15 bits per heavy atom. The molecule has 2 aliphatic heterocycles. The fraction of sp³-hybridized carbons (Fsp3) is 0.833. The van der Waals surface area contributed by atoms with Gasteiger partial charge in [-0.3, -0.25) is 0 Å². The lowest BCUT2D eigenvalue weighted by atomic mass is 10.2. The lowest BCUT2D eigenvalue weighted by Gasteiger charge is -2.43. The minimum absolute atomic E-state index is 0.228. The molecule has 2 heterocycles. The Morgan fingerprint density at radius 2 is 1.65 bits per heavy atom. The second-order valence-electron chi connectivity index (χ2n) is 5.93. The standard InChI is InChI=1S/C12H23N5O2S/c1-12(2,3)19-11(18)15-4-6-16(7-5-15)17-8-13-10(20)14-9-17/h4-9H2,1-3H3,(H2,13,14,20). The van der Waals surface area contributed by atoms with E-state index in [1.54, 1.807) is 4.90 Å². The number of piperazine rings is 1. The van der Waals surface area contributed by atoms with Gasteiger partial charge in [0.15, 0.2) is 5.11 Å². The molecule has 0 saturated carbocycles. The Hall–Kier alpha value is -1.12. The quantitative estimate of drug-likeness (QED) is 0.669. The Bertz CT molecular complexity index is 367. The number of amides is 1. The summed E-state index contributed by atoms with van der Waals surface area (Å²) >= 11 is 5.03. The van der Waals surface area contributed by atoms with Crippen LogP contribution in [0.2, 0.25) is 0 Å². The average molecular weight is 301 g/mol. The number of hydrogen-bond donors (Lipinski definition) is 2. The zero-order valence-electron chi connectivity index (χ0n) is 12.3. The van der Waals surface area contributed by atoms with Crippen molar-refractivity contribution in [2.45, 2.75) is 26.4 Å². The second kappa shape index (κ2) is 6.11. The van der Waals surface area contributed by atoms with E-state index < -0.39 is 5.60 Å². The van der Waals surface area contributed by atoms with E-state index in [0.717, 1.165) is 13.1 Å². The molecule has 2 fully saturated rings. The highest BCUT2D eigenvalue weighted by Crippen LogP contribution is 2.12. The van der Waals surface area contributed by atoms with Gasteiger partial charge in [0.25, 0.3) is 0 Å². The molecule has 0 radical (unpaired) electrons. The summed E-state index contributed by atoms with van der Waals surface area (Å²) in [5.74, 6) is 0. The molecule has 2 rings (SSSR count). The second-order valence-corrected chi connectivity index (χ2v) is 6.33. The third-order valence-corrected chi connectivity index (χ3v) is 3.44. The number of carbonyl (C=O) groups is 1. The van der Waals surface area contributed by atoms with Crippen molar-refractivity contribution in [1.29, 1.82) is 0 Å². The molecule has 114 valence electrons. The summed E-state index contributed by atoms with van der Waals surface area (Å²) in [6.07, 6.45) is -0.228. The van der Waals surface area contributed by atoms with Crippen molar-refractivity contribution in [3.63, 3.8) is 0 Å². The van der Waals surface area contributed by atoms with Gasteiger partial charge in [0, 0.05) is 26.2 Å². The first kappa shape index (κ1) is 15.3. The predicted octanol–water partition coefficient (Wildman–Crippen LogP) is 0.149. The molecule has 0 aromatic rings. The highest BCUT2D eigenvalue weighted by molar-refractivity contribution is 7.80. The lowest BCUT2D eigenvalue weighted by Crippen LogP contribution is -2.63. The fourth-order valence-corrected chi connectivity index (χ4v) is 2.26. The van der Waals surface area contributed by atoms with Gasteiger partial charge in [-0.05, 0) is 33.0 Å². The zero-order chi connectivity index (χ0) is 14.8. The molecule has 2 aliphatic rings. The molecule has 0 aromatic heterocycles. The van der Waals surface area contributed by atoms with Crippen LogP contribution in [0.3, 0.4) is 0 Å². The first-order chi connectivity index (χ1) is 9.35. The summed E-state index contributed by atoms with van der Waals surface area (Å²) in [6, 6.07) is 0. The van der Waals surface area contributed by atoms with Crippen LogP contribution in [0.1, 0.15) is 20.8 Å². The van der Waals surface area contributed by atoms with Crippen LogP contribution in [0.5, 0.6) is 0 Å². The van der Waals surface area contributed by atoms with Crippen molar-refractivity contribution in [2.75, 3.05) is 39.5 Å². The number of carbonyl (C=O) groups excluding carboxylic acids is 1. The van der Waals surface area contributed by atoms with Crippen molar-refractivity contribution in [1.82, 2.24) is 25.6 Å². The van der Waals surface area contributed by atoms with Gasteiger partial charge in [0.2, 0.25) is 0 Å². The minimum atomic E-state index is -0.440. The maximum atomic E-state index is 12.0. The van der Waals surface area contributed by atoms with Gasteiger partial charge >= 0.3 is 6.09 Å². The molecule has 0 bridgehead atoms. The Kier molecular flexibility index (Phi) is 4.66. The molecule has 0 atom stereocenters. The van der Waals surface area contributed by atoms with Gasteiger partial charge in [-0.25, -0.2) is 14.8 Å². The van der Waals surface area contributed by atoms with E-state index in [0.29, 0.717) is 31.5 Å². The Morgan fingerprint density at radius 1 is 1.10 bits per heavy atom. The van der Waals surface area contributed by atoms with E-state index in [1.165, 1.54) is 0 Å². The van der Waals surface area contributed by atoms with Gasteiger partial charge < -0.3 is 20.3 Å². The third kappa shape index (κ3) is 4.19. The fourth-order valence-electron chi connectivity index (χ4n) is 2.13. The van der Waals surface area contributed by atoms with Crippen molar-refractivity contribution in [2.24, 2.45) is 0 Å². The highest BCUT2D eigenvalue weighted by atomic mass is 32.1. The average Bonchev–Trinajstić information content (AvgIpc) is 2.38. The molecule has 2 N–H and O–H groups in total. The third-order valence-electron chi connectivity index (χ3n) is 3.15. The largest absolute Gasteiger partial charge is 0.444 e. The van der Waals surface area contributed by atoms with Gasteiger partial charge in [-0.2, -0.15) is 0 Å². The molecule has 1 amide bonds. The van der Waals surface area contributed by atoms with Crippen LogP contribution in [-0.4, -0.2) is 71.2 Å². The van der Waals surface area contributed by atoms with E-state index in [-0.39, 0.29) is 6.09 Å². The van der Waals surface area contributed by atoms with Crippen LogP contribution in [0.15, 0.2) is 0 Å². The first-order valence-electron chi connectivity index (χ1n) is 6.84. The van der Waals surface area contributed by atoms with Crippen LogP contribution in [0.4, 0.5) is 4.79 Å². The minimum Gasteiger partial charge on any atom is -0.444 e. The number of ether oxygens (including phenoxy) is 1. The van der Waals surface area contributed by atoms with E-state index in [4.69, 9.17) is 17.0 Å².